The number of ether oxygens (including phenoxy) is 3. The van der Waals surface area contributed by atoms with Gasteiger partial charge in [-0.05, 0) is 36.2 Å². The lowest BCUT2D eigenvalue weighted by atomic mass is 10.1. The van der Waals surface area contributed by atoms with Gasteiger partial charge >= 0.3 is 0 Å². The number of fused-ring (bicyclic) bond motifs is 1. The quantitative estimate of drug-likeness (QED) is 0.808. The Labute approximate surface area is 157 Å². The number of nitrogens with one attached hydrogen (secondary N) is 1. The van der Waals surface area contributed by atoms with E-state index in [-0.39, 0.29) is 25.2 Å². The van der Waals surface area contributed by atoms with E-state index < -0.39 is 0 Å². The Morgan fingerprint density at radius 3 is 2.74 bits per heavy atom. The van der Waals surface area contributed by atoms with Crippen LogP contribution in [0.15, 0.2) is 42.5 Å². The molecular weight excluding hydrogens is 348 g/mol. The smallest absolute Gasteiger partial charge is 0.240 e. The van der Waals surface area contributed by atoms with Crippen LogP contribution in [0.4, 0.5) is 5.69 Å². The molecule has 1 aliphatic rings. The van der Waals surface area contributed by atoms with Gasteiger partial charge in [-0.1, -0.05) is 12.1 Å². The number of rotatable bonds is 7. The van der Waals surface area contributed by atoms with Crippen molar-refractivity contribution in [1.29, 1.82) is 0 Å². The van der Waals surface area contributed by atoms with E-state index in [0.29, 0.717) is 30.2 Å². The zero-order valence-electron chi connectivity index (χ0n) is 15.4. The van der Waals surface area contributed by atoms with Crippen molar-refractivity contribution in [3.8, 4) is 17.2 Å². The van der Waals surface area contributed by atoms with Crippen molar-refractivity contribution in [3.05, 3.63) is 48.0 Å². The fourth-order valence-electron chi connectivity index (χ4n) is 2.81. The molecule has 7 heteroatoms. The van der Waals surface area contributed by atoms with E-state index in [2.05, 4.69) is 5.32 Å². The van der Waals surface area contributed by atoms with Gasteiger partial charge in [-0.2, -0.15) is 0 Å². The molecule has 0 atom stereocenters. The number of methoxy groups -OCH3 is 1. The maximum absolute atomic E-state index is 12.3. The third-order valence-corrected chi connectivity index (χ3v) is 4.22. The van der Waals surface area contributed by atoms with Crippen molar-refractivity contribution in [1.82, 2.24) is 5.32 Å². The van der Waals surface area contributed by atoms with E-state index in [4.69, 9.17) is 14.2 Å². The molecule has 1 aliphatic heterocycles. The van der Waals surface area contributed by atoms with Gasteiger partial charge in [0.15, 0.2) is 11.5 Å². The molecule has 142 valence electrons. The first-order chi connectivity index (χ1) is 13.1. The Morgan fingerprint density at radius 2 is 1.96 bits per heavy atom. The summed E-state index contributed by atoms with van der Waals surface area (Å²) in [6.45, 7) is 1.99. The van der Waals surface area contributed by atoms with Crippen LogP contribution < -0.4 is 24.4 Å². The Morgan fingerprint density at radius 1 is 1.15 bits per heavy atom. The molecule has 0 unspecified atom stereocenters. The highest BCUT2D eigenvalue weighted by molar-refractivity contribution is 5.97. The second kappa shape index (κ2) is 8.44. The van der Waals surface area contributed by atoms with Crippen LogP contribution in [0.1, 0.15) is 12.5 Å². The largest absolute Gasteiger partial charge is 0.497 e. The van der Waals surface area contributed by atoms with Crippen molar-refractivity contribution >= 4 is 17.5 Å². The lowest BCUT2D eigenvalue weighted by Crippen LogP contribution is -2.40. The molecule has 0 bridgehead atoms. The topological polar surface area (TPSA) is 77.1 Å². The van der Waals surface area contributed by atoms with E-state index >= 15 is 0 Å². The summed E-state index contributed by atoms with van der Waals surface area (Å²) in [5, 5.41) is 2.85. The first-order valence-corrected chi connectivity index (χ1v) is 8.64. The van der Waals surface area contributed by atoms with Crippen molar-refractivity contribution in [3.63, 3.8) is 0 Å². The molecule has 2 amide bonds. The molecule has 2 aromatic rings. The van der Waals surface area contributed by atoms with Gasteiger partial charge in [0.05, 0.1) is 7.11 Å². The van der Waals surface area contributed by atoms with Gasteiger partial charge in [-0.15, -0.1) is 0 Å². The summed E-state index contributed by atoms with van der Waals surface area (Å²) in [7, 11) is 1.62. The number of carbonyl (C=O) groups excluding carboxylic acids is 2. The Balaban J connectivity index is 1.56. The van der Waals surface area contributed by atoms with Crippen molar-refractivity contribution in [2.24, 2.45) is 0 Å². The average molecular weight is 370 g/mol. The zero-order chi connectivity index (χ0) is 19.2. The van der Waals surface area contributed by atoms with Crippen molar-refractivity contribution in [2.45, 2.75) is 13.3 Å². The number of hydrogen-bond donors (Lipinski definition) is 1. The molecule has 3 rings (SSSR count). The van der Waals surface area contributed by atoms with E-state index in [1.54, 1.807) is 25.3 Å². The summed E-state index contributed by atoms with van der Waals surface area (Å²) >= 11 is 0. The van der Waals surface area contributed by atoms with Crippen molar-refractivity contribution < 1.29 is 23.8 Å². The van der Waals surface area contributed by atoms with E-state index in [0.717, 1.165) is 11.3 Å². The highest BCUT2D eigenvalue weighted by Gasteiger charge is 2.20. The number of anilines is 1. The Hall–Kier alpha value is -3.22. The Bertz CT molecular complexity index is 837. The minimum absolute atomic E-state index is 0.0624. The minimum Gasteiger partial charge on any atom is -0.497 e. The molecule has 1 N–H and O–H groups in total. The second-order valence-electron chi connectivity index (χ2n) is 6.09. The monoisotopic (exact) mass is 370 g/mol. The number of carbonyl (C=O) groups is 2. The van der Waals surface area contributed by atoms with E-state index in [1.807, 2.05) is 24.3 Å². The van der Waals surface area contributed by atoms with Gasteiger partial charge in [0.25, 0.3) is 0 Å². The minimum atomic E-state index is -0.231. The predicted molar refractivity (Wildman–Crippen MR) is 100 cm³/mol. The normalized spacial score (nSPS) is 11.8. The van der Waals surface area contributed by atoms with E-state index in [9.17, 15) is 9.59 Å². The molecule has 0 fully saturated rings. The summed E-state index contributed by atoms with van der Waals surface area (Å²) in [4.78, 5) is 25.7. The zero-order valence-corrected chi connectivity index (χ0v) is 15.4. The van der Waals surface area contributed by atoms with Gasteiger partial charge in [-0.25, -0.2) is 0 Å². The summed E-state index contributed by atoms with van der Waals surface area (Å²) < 4.78 is 15.8. The summed E-state index contributed by atoms with van der Waals surface area (Å²) in [5.74, 6) is 1.52. The lowest BCUT2D eigenvalue weighted by Gasteiger charge is -2.21. The number of nitrogens with zero attached hydrogens (tertiary/aromatic N) is 1. The van der Waals surface area contributed by atoms with Crippen LogP contribution in [-0.2, 0) is 16.0 Å². The van der Waals surface area contributed by atoms with E-state index in [1.165, 1.54) is 11.8 Å². The molecule has 7 nitrogen and oxygen atoms in total. The summed E-state index contributed by atoms with van der Waals surface area (Å²) in [6.07, 6.45) is 0.674. The molecule has 0 radical (unpaired) electrons. The molecule has 0 spiro atoms. The van der Waals surface area contributed by atoms with Crippen LogP contribution >= 0.6 is 0 Å². The van der Waals surface area contributed by atoms with Gasteiger partial charge < -0.3 is 24.4 Å². The van der Waals surface area contributed by atoms with Crippen LogP contribution in [0.3, 0.4) is 0 Å². The summed E-state index contributed by atoms with van der Waals surface area (Å²) in [6, 6.07) is 12.9. The van der Waals surface area contributed by atoms with Crippen LogP contribution in [0.2, 0.25) is 0 Å². The van der Waals surface area contributed by atoms with Gasteiger partial charge in [0.2, 0.25) is 18.6 Å². The van der Waals surface area contributed by atoms with Crippen LogP contribution in [0.5, 0.6) is 17.2 Å². The van der Waals surface area contributed by atoms with Gasteiger partial charge in [0, 0.05) is 25.2 Å². The third-order valence-electron chi connectivity index (χ3n) is 4.22. The molecule has 0 aromatic heterocycles. The summed E-state index contributed by atoms with van der Waals surface area (Å²) in [5.41, 5.74) is 1.66. The van der Waals surface area contributed by atoms with Crippen LogP contribution in [0, 0.1) is 0 Å². The fourth-order valence-corrected chi connectivity index (χ4v) is 2.81. The number of benzene rings is 2. The fraction of sp³-hybridized carbons (Fsp3) is 0.300. The molecule has 0 aliphatic carbocycles. The first-order valence-electron chi connectivity index (χ1n) is 8.64. The van der Waals surface area contributed by atoms with Crippen molar-refractivity contribution in [2.75, 3.05) is 31.9 Å². The molecule has 1 heterocycles. The first kappa shape index (κ1) is 18.6. The molecule has 27 heavy (non-hydrogen) atoms. The molecule has 0 saturated carbocycles. The van der Waals surface area contributed by atoms with Gasteiger partial charge in [-0.3, -0.25) is 9.59 Å². The maximum atomic E-state index is 12.3. The standard InChI is InChI=1S/C20H22N2O5/c1-14(23)22(16-6-7-18-19(11-16)27-13-26-18)12-20(24)21-9-8-15-4-3-5-17(10-15)25-2/h3-7,10-11H,8-9,12-13H2,1-2H3,(H,21,24). The highest BCUT2D eigenvalue weighted by Crippen LogP contribution is 2.35. The van der Waals surface area contributed by atoms with Gasteiger partial charge in [0.1, 0.15) is 12.3 Å². The molecular formula is C20H22N2O5. The average Bonchev–Trinajstić information content (AvgIpc) is 3.14. The number of amides is 2. The third kappa shape index (κ3) is 4.69. The molecule has 0 saturated heterocycles. The Kier molecular flexibility index (Phi) is 5.80. The van der Waals surface area contributed by atoms with Crippen LogP contribution in [-0.4, -0.2) is 38.8 Å². The second-order valence-corrected chi connectivity index (χ2v) is 6.09. The maximum Gasteiger partial charge on any atom is 0.240 e. The highest BCUT2D eigenvalue weighted by atomic mass is 16.7. The predicted octanol–water partition coefficient (Wildman–Crippen LogP) is 2.14. The van der Waals surface area contributed by atoms with Crippen LogP contribution in [0.25, 0.3) is 0 Å². The number of hydrogen-bond acceptors (Lipinski definition) is 5. The SMILES string of the molecule is COc1cccc(CCNC(=O)CN(C(C)=O)c2ccc3c(c2)OCO3)c1. The lowest BCUT2D eigenvalue weighted by molar-refractivity contribution is -0.123. The molecule has 2 aromatic carbocycles.